The van der Waals surface area contributed by atoms with Gasteiger partial charge in [0.2, 0.25) is 0 Å². The molecule has 2 aromatic rings. The predicted octanol–water partition coefficient (Wildman–Crippen LogP) is 3.12. The lowest BCUT2D eigenvalue weighted by molar-refractivity contribution is 0.340. The van der Waals surface area contributed by atoms with E-state index in [4.69, 9.17) is 22.1 Å². The smallest absolute Gasteiger partial charge is 0.263 e. The molecule has 0 atom stereocenters. The van der Waals surface area contributed by atoms with Crippen LogP contribution >= 0.6 is 11.6 Å². The van der Waals surface area contributed by atoms with Gasteiger partial charge in [-0.3, -0.25) is 4.72 Å². The summed E-state index contributed by atoms with van der Waals surface area (Å²) in [5.74, 6) is 0.673. The van der Waals surface area contributed by atoms with Gasteiger partial charge >= 0.3 is 0 Å². The molecule has 21 heavy (non-hydrogen) atoms. The molecule has 0 unspecified atom stereocenters. The van der Waals surface area contributed by atoms with Crippen molar-refractivity contribution in [1.82, 2.24) is 0 Å². The highest BCUT2D eigenvalue weighted by Crippen LogP contribution is 2.25. The number of ether oxygens (including phenoxy) is 1. The minimum atomic E-state index is -3.76. The second-order valence-corrected chi connectivity index (χ2v) is 6.33. The lowest BCUT2D eigenvalue weighted by Crippen LogP contribution is -2.14. The molecule has 0 spiro atoms. The fraction of sp³-hybridized carbons (Fsp3) is 0.143. The van der Waals surface area contributed by atoms with Gasteiger partial charge in [0.1, 0.15) is 10.6 Å². The SMILES string of the molecule is CCOc1ccc(NS(=O)(=O)c2ccc(Cl)cc2N)cc1. The predicted molar refractivity (Wildman–Crippen MR) is 84.3 cm³/mol. The summed E-state index contributed by atoms with van der Waals surface area (Å²) in [6.07, 6.45) is 0. The number of hydrogen-bond acceptors (Lipinski definition) is 4. The molecular formula is C14H15ClN2O3S. The lowest BCUT2D eigenvalue weighted by atomic mass is 10.3. The Morgan fingerprint density at radius 2 is 1.86 bits per heavy atom. The average Bonchev–Trinajstić information content (AvgIpc) is 2.40. The molecule has 2 rings (SSSR count). The molecular weight excluding hydrogens is 312 g/mol. The number of nitrogens with two attached hydrogens (primary N) is 1. The fourth-order valence-electron chi connectivity index (χ4n) is 1.76. The first-order valence-electron chi connectivity index (χ1n) is 6.23. The molecule has 112 valence electrons. The quantitative estimate of drug-likeness (QED) is 0.827. The highest BCUT2D eigenvalue weighted by Gasteiger charge is 2.17. The van der Waals surface area contributed by atoms with E-state index in [0.717, 1.165) is 0 Å². The number of sulfonamides is 1. The first kappa shape index (κ1) is 15.5. The van der Waals surface area contributed by atoms with Gasteiger partial charge in [0, 0.05) is 10.7 Å². The van der Waals surface area contributed by atoms with E-state index in [2.05, 4.69) is 4.72 Å². The molecule has 2 aromatic carbocycles. The zero-order chi connectivity index (χ0) is 15.5. The number of nitrogen functional groups attached to an aromatic ring is 1. The molecule has 0 amide bonds. The topological polar surface area (TPSA) is 81.4 Å². The van der Waals surface area contributed by atoms with E-state index in [-0.39, 0.29) is 10.6 Å². The second kappa shape index (κ2) is 6.24. The molecule has 0 aromatic heterocycles. The molecule has 0 bridgehead atoms. The summed E-state index contributed by atoms with van der Waals surface area (Å²) in [7, 11) is -3.76. The van der Waals surface area contributed by atoms with Crippen LogP contribution in [0.5, 0.6) is 5.75 Å². The molecule has 0 saturated carbocycles. The molecule has 0 aliphatic rings. The zero-order valence-corrected chi connectivity index (χ0v) is 12.9. The van der Waals surface area contributed by atoms with Crippen molar-refractivity contribution in [3.63, 3.8) is 0 Å². The van der Waals surface area contributed by atoms with Gasteiger partial charge < -0.3 is 10.5 Å². The number of hydrogen-bond donors (Lipinski definition) is 2. The van der Waals surface area contributed by atoms with Crippen molar-refractivity contribution >= 4 is 33.0 Å². The summed E-state index contributed by atoms with van der Waals surface area (Å²) in [4.78, 5) is -0.0132. The maximum atomic E-state index is 12.3. The maximum absolute atomic E-state index is 12.3. The minimum Gasteiger partial charge on any atom is -0.494 e. The van der Waals surface area contributed by atoms with E-state index in [0.29, 0.717) is 23.1 Å². The van der Waals surface area contributed by atoms with Crippen LogP contribution in [0.25, 0.3) is 0 Å². The second-order valence-electron chi connectivity index (χ2n) is 4.25. The van der Waals surface area contributed by atoms with Crippen LogP contribution < -0.4 is 15.2 Å². The zero-order valence-electron chi connectivity index (χ0n) is 11.3. The summed E-state index contributed by atoms with van der Waals surface area (Å²) in [5, 5.41) is 0.382. The molecule has 0 aliphatic heterocycles. The third-order valence-corrected chi connectivity index (χ3v) is 4.37. The Labute approximate surface area is 128 Å². The first-order chi connectivity index (χ1) is 9.92. The third-order valence-electron chi connectivity index (χ3n) is 2.68. The number of benzene rings is 2. The van der Waals surface area contributed by atoms with Crippen LogP contribution in [0, 0.1) is 0 Å². The van der Waals surface area contributed by atoms with Crippen molar-refractivity contribution in [3.8, 4) is 5.75 Å². The molecule has 0 heterocycles. The van der Waals surface area contributed by atoms with E-state index in [1.807, 2.05) is 6.92 Å². The summed E-state index contributed by atoms with van der Waals surface area (Å²) in [6, 6.07) is 10.9. The fourth-order valence-corrected chi connectivity index (χ4v) is 3.11. The van der Waals surface area contributed by atoms with Crippen LogP contribution in [-0.4, -0.2) is 15.0 Å². The van der Waals surface area contributed by atoms with Crippen LogP contribution in [0.1, 0.15) is 6.92 Å². The highest BCUT2D eigenvalue weighted by atomic mass is 35.5. The Morgan fingerprint density at radius 1 is 1.19 bits per heavy atom. The Hall–Kier alpha value is -1.92. The highest BCUT2D eigenvalue weighted by molar-refractivity contribution is 7.92. The van der Waals surface area contributed by atoms with Crippen molar-refractivity contribution < 1.29 is 13.2 Å². The molecule has 0 saturated heterocycles. The van der Waals surface area contributed by atoms with Gasteiger partial charge in [-0.2, -0.15) is 0 Å². The van der Waals surface area contributed by atoms with Gasteiger partial charge in [-0.25, -0.2) is 8.42 Å². The van der Waals surface area contributed by atoms with E-state index in [1.165, 1.54) is 18.2 Å². The molecule has 0 fully saturated rings. The van der Waals surface area contributed by atoms with E-state index in [9.17, 15) is 8.42 Å². The van der Waals surface area contributed by atoms with Crippen LogP contribution in [-0.2, 0) is 10.0 Å². The summed E-state index contributed by atoms with van der Waals surface area (Å²) in [6.45, 7) is 2.42. The van der Waals surface area contributed by atoms with Crippen LogP contribution in [0.4, 0.5) is 11.4 Å². The summed E-state index contributed by atoms with van der Waals surface area (Å²) >= 11 is 5.77. The van der Waals surface area contributed by atoms with Crippen molar-refractivity contribution in [3.05, 3.63) is 47.5 Å². The Kier molecular flexibility index (Phi) is 4.59. The lowest BCUT2D eigenvalue weighted by Gasteiger charge is -2.11. The number of anilines is 2. The normalized spacial score (nSPS) is 11.1. The largest absolute Gasteiger partial charge is 0.494 e. The van der Waals surface area contributed by atoms with E-state index >= 15 is 0 Å². The van der Waals surface area contributed by atoms with Crippen molar-refractivity contribution in [1.29, 1.82) is 0 Å². The van der Waals surface area contributed by atoms with Crippen molar-refractivity contribution in [2.24, 2.45) is 0 Å². The van der Waals surface area contributed by atoms with Crippen molar-refractivity contribution in [2.45, 2.75) is 11.8 Å². The number of rotatable bonds is 5. The molecule has 5 nitrogen and oxygen atoms in total. The monoisotopic (exact) mass is 326 g/mol. The Morgan fingerprint density at radius 3 is 2.43 bits per heavy atom. The molecule has 3 N–H and O–H groups in total. The van der Waals surface area contributed by atoms with Gasteiger partial charge in [-0.1, -0.05) is 11.6 Å². The van der Waals surface area contributed by atoms with Crippen molar-refractivity contribution in [2.75, 3.05) is 17.1 Å². The maximum Gasteiger partial charge on any atom is 0.263 e. The summed E-state index contributed by atoms with van der Waals surface area (Å²) in [5.41, 5.74) is 6.22. The third kappa shape index (κ3) is 3.80. The Balaban J connectivity index is 2.24. The van der Waals surface area contributed by atoms with E-state index in [1.54, 1.807) is 24.3 Å². The first-order valence-corrected chi connectivity index (χ1v) is 8.09. The van der Waals surface area contributed by atoms with E-state index < -0.39 is 10.0 Å². The molecule has 0 radical (unpaired) electrons. The number of halogens is 1. The summed E-state index contributed by atoms with van der Waals surface area (Å²) < 4.78 is 32.3. The standard InChI is InChI=1S/C14H15ClN2O3S/c1-2-20-12-6-4-11(5-7-12)17-21(18,19)14-8-3-10(15)9-13(14)16/h3-9,17H,2,16H2,1H3. The van der Waals surface area contributed by atoms with Crippen LogP contribution in [0.2, 0.25) is 5.02 Å². The van der Waals surface area contributed by atoms with Crippen LogP contribution in [0.15, 0.2) is 47.4 Å². The van der Waals surface area contributed by atoms with Gasteiger partial charge in [0.05, 0.1) is 12.3 Å². The van der Waals surface area contributed by atoms with Gasteiger partial charge in [-0.05, 0) is 49.4 Å². The van der Waals surface area contributed by atoms with Gasteiger partial charge in [-0.15, -0.1) is 0 Å². The Bertz CT molecular complexity index is 730. The minimum absolute atomic E-state index is 0.0132. The average molecular weight is 327 g/mol. The molecule has 7 heteroatoms. The van der Waals surface area contributed by atoms with Gasteiger partial charge in [0.25, 0.3) is 10.0 Å². The van der Waals surface area contributed by atoms with Crippen LogP contribution in [0.3, 0.4) is 0 Å². The molecule has 0 aliphatic carbocycles. The number of nitrogens with one attached hydrogen (secondary N) is 1. The van der Waals surface area contributed by atoms with Gasteiger partial charge in [0.15, 0.2) is 0 Å².